The van der Waals surface area contributed by atoms with Crippen LogP contribution in [0.15, 0.2) is 42.5 Å². The van der Waals surface area contributed by atoms with Crippen molar-refractivity contribution < 1.29 is 22.7 Å². The number of nitrogens with two attached hydrogens (primary N) is 1. The second kappa shape index (κ2) is 7.50. The number of nitrogen functional groups attached to an aromatic ring is 1. The molecule has 0 saturated heterocycles. The Bertz CT molecular complexity index is 809. The zero-order valence-corrected chi connectivity index (χ0v) is 15.7. The van der Waals surface area contributed by atoms with Gasteiger partial charge in [0.05, 0.1) is 12.1 Å². The molecule has 0 aliphatic carbocycles. The van der Waals surface area contributed by atoms with Crippen LogP contribution in [0, 0.1) is 6.92 Å². The van der Waals surface area contributed by atoms with Gasteiger partial charge in [-0.3, -0.25) is 4.90 Å². The van der Waals surface area contributed by atoms with E-state index in [2.05, 4.69) is 0 Å². The normalized spacial score (nSPS) is 12.0. The Hall–Kier alpha value is -2.70. The van der Waals surface area contributed by atoms with E-state index in [9.17, 15) is 18.0 Å². The molecule has 0 saturated carbocycles. The summed E-state index contributed by atoms with van der Waals surface area (Å²) in [6.45, 7) is 7.11. The van der Waals surface area contributed by atoms with Gasteiger partial charge in [-0.15, -0.1) is 0 Å². The highest BCUT2D eigenvalue weighted by Crippen LogP contribution is 2.30. The van der Waals surface area contributed by atoms with Crippen molar-refractivity contribution in [2.24, 2.45) is 0 Å². The molecule has 0 atom stereocenters. The number of carbonyl (C=O) groups excluding carboxylic acids is 1. The number of aryl methyl sites for hydroxylation is 1. The van der Waals surface area contributed by atoms with Crippen molar-refractivity contribution in [1.29, 1.82) is 0 Å². The summed E-state index contributed by atoms with van der Waals surface area (Å²) in [5, 5.41) is 0. The summed E-state index contributed by atoms with van der Waals surface area (Å²) in [4.78, 5) is 14.1. The molecule has 146 valence electrons. The molecule has 7 heteroatoms. The summed E-state index contributed by atoms with van der Waals surface area (Å²) in [5.41, 5.74) is 6.85. The van der Waals surface area contributed by atoms with E-state index in [1.54, 1.807) is 39.0 Å². The summed E-state index contributed by atoms with van der Waals surface area (Å²) in [7, 11) is 0. The van der Waals surface area contributed by atoms with Gasteiger partial charge in [-0.2, -0.15) is 13.2 Å². The van der Waals surface area contributed by atoms with Crippen LogP contribution < -0.4 is 10.6 Å². The second-order valence-corrected chi connectivity index (χ2v) is 7.30. The van der Waals surface area contributed by atoms with Crippen LogP contribution in [0.25, 0.3) is 0 Å². The van der Waals surface area contributed by atoms with Crippen LogP contribution >= 0.6 is 0 Å². The number of carbonyl (C=O) groups is 1. The Morgan fingerprint density at radius 3 is 2.15 bits per heavy atom. The SMILES string of the molecule is Cc1cc(N(Cc2ccc(C(F)(F)F)cc2)C(=O)OC(C)(C)C)ccc1N. The number of ether oxygens (including phenoxy) is 1. The van der Waals surface area contributed by atoms with Crippen LogP contribution in [0.1, 0.15) is 37.5 Å². The lowest BCUT2D eigenvalue weighted by Crippen LogP contribution is -2.36. The minimum absolute atomic E-state index is 0.0659. The molecule has 0 unspecified atom stereocenters. The molecule has 2 rings (SSSR count). The van der Waals surface area contributed by atoms with Gasteiger partial charge in [-0.1, -0.05) is 12.1 Å². The maximum absolute atomic E-state index is 12.7. The van der Waals surface area contributed by atoms with E-state index < -0.39 is 23.4 Å². The quantitative estimate of drug-likeness (QED) is 0.712. The van der Waals surface area contributed by atoms with Crippen molar-refractivity contribution in [3.63, 3.8) is 0 Å². The molecule has 2 N–H and O–H groups in total. The molecule has 0 aliphatic heterocycles. The standard InChI is InChI=1S/C20H23F3N2O2/c1-13-11-16(9-10-17(13)24)25(18(26)27-19(2,3)4)12-14-5-7-15(8-6-14)20(21,22)23/h5-11H,12,24H2,1-4H3. The molecule has 0 radical (unpaired) electrons. The topological polar surface area (TPSA) is 55.6 Å². The number of rotatable bonds is 3. The smallest absolute Gasteiger partial charge is 0.416 e. The first-order valence-corrected chi connectivity index (χ1v) is 8.39. The molecule has 0 aromatic heterocycles. The number of hydrogen-bond acceptors (Lipinski definition) is 3. The van der Waals surface area contributed by atoms with Crippen molar-refractivity contribution >= 4 is 17.5 Å². The molecule has 27 heavy (non-hydrogen) atoms. The zero-order chi connectivity index (χ0) is 20.4. The van der Waals surface area contributed by atoms with E-state index >= 15 is 0 Å². The largest absolute Gasteiger partial charge is 0.443 e. The van der Waals surface area contributed by atoms with Gasteiger partial charge >= 0.3 is 12.3 Å². The Morgan fingerprint density at radius 1 is 1.07 bits per heavy atom. The summed E-state index contributed by atoms with van der Waals surface area (Å²) in [6.07, 6.45) is -5.00. The first-order chi connectivity index (χ1) is 12.4. The number of anilines is 2. The average Bonchev–Trinajstić information content (AvgIpc) is 2.53. The van der Waals surface area contributed by atoms with Crippen LogP contribution in [-0.2, 0) is 17.5 Å². The lowest BCUT2D eigenvalue weighted by atomic mass is 10.1. The molecule has 0 aliphatic rings. The maximum atomic E-state index is 12.7. The van der Waals surface area contributed by atoms with Crippen LogP contribution in [0.5, 0.6) is 0 Å². The molecule has 0 fully saturated rings. The molecular weight excluding hydrogens is 357 g/mol. The number of alkyl halides is 3. The summed E-state index contributed by atoms with van der Waals surface area (Å²) in [6, 6.07) is 9.79. The van der Waals surface area contributed by atoms with E-state index in [-0.39, 0.29) is 6.54 Å². The van der Waals surface area contributed by atoms with Crippen molar-refractivity contribution in [3.05, 3.63) is 59.2 Å². The highest BCUT2D eigenvalue weighted by Gasteiger charge is 2.30. The molecule has 2 aromatic carbocycles. The van der Waals surface area contributed by atoms with E-state index in [1.165, 1.54) is 17.0 Å². The summed E-state index contributed by atoms with van der Waals surface area (Å²) < 4.78 is 43.7. The molecule has 4 nitrogen and oxygen atoms in total. The predicted molar refractivity (Wildman–Crippen MR) is 99.5 cm³/mol. The Kier molecular flexibility index (Phi) is 5.73. The first-order valence-electron chi connectivity index (χ1n) is 8.39. The highest BCUT2D eigenvalue weighted by molar-refractivity contribution is 5.88. The lowest BCUT2D eigenvalue weighted by Gasteiger charge is -2.28. The third-order valence-electron chi connectivity index (χ3n) is 3.80. The first kappa shape index (κ1) is 20.6. The third-order valence-corrected chi connectivity index (χ3v) is 3.80. The number of nitrogens with zero attached hydrogens (tertiary/aromatic N) is 1. The molecule has 2 aromatic rings. The summed E-state index contributed by atoms with van der Waals surface area (Å²) in [5.74, 6) is 0. The fourth-order valence-electron chi connectivity index (χ4n) is 2.39. The average molecular weight is 380 g/mol. The number of halogens is 3. The molecule has 0 bridgehead atoms. The Balaban J connectivity index is 2.34. The minimum atomic E-state index is -4.41. The van der Waals surface area contributed by atoms with E-state index in [4.69, 9.17) is 10.5 Å². The zero-order valence-electron chi connectivity index (χ0n) is 15.7. The van der Waals surface area contributed by atoms with Crippen LogP contribution in [0.3, 0.4) is 0 Å². The second-order valence-electron chi connectivity index (χ2n) is 7.30. The van der Waals surface area contributed by atoms with Gasteiger partial charge in [-0.05, 0) is 69.2 Å². The van der Waals surface area contributed by atoms with Crippen LogP contribution in [-0.4, -0.2) is 11.7 Å². The van der Waals surface area contributed by atoms with Crippen LogP contribution in [0.2, 0.25) is 0 Å². The molecule has 1 amide bonds. The van der Waals surface area contributed by atoms with E-state index in [0.717, 1.165) is 17.7 Å². The number of benzene rings is 2. The fourth-order valence-corrected chi connectivity index (χ4v) is 2.39. The minimum Gasteiger partial charge on any atom is -0.443 e. The van der Waals surface area contributed by atoms with Crippen molar-refractivity contribution in [3.8, 4) is 0 Å². The number of hydrogen-bond donors (Lipinski definition) is 1. The maximum Gasteiger partial charge on any atom is 0.416 e. The van der Waals surface area contributed by atoms with E-state index in [1.807, 2.05) is 6.92 Å². The Labute approximate surface area is 156 Å². The van der Waals surface area contributed by atoms with Gasteiger partial charge in [0.2, 0.25) is 0 Å². The molecular formula is C20H23F3N2O2. The van der Waals surface area contributed by atoms with Crippen LogP contribution in [0.4, 0.5) is 29.3 Å². The predicted octanol–water partition coefficient (Wildman–Crippen LogP) is 5.54. The monoisotopic (exact) mass is 380 g/mol. The highest BCUT2D eigenvalue weighted by atomic mass is 19.4. The van der Waals surface area contributed by atoms with Gasteiger partial charge in [-0.25, -0.2) is 4.79 Å². The number of amides is 1. The van der Waals surface area contributed by atoms with Crippen molar-refractivity contribution in [2.75, 3.05) is 10.6 Å². The van der Waals surface area contributed by atoms with Crippen molar-refractivity contribution in [2.45, 2.75) is 46.0 Å². The fraction of sp³-hybridized carbons (Fsp3) is 0.350. The van der Waals surface area contributed by atoms with E-state index in [0.29, 0.717) is 16.9 Å². The van der Waals surface area contributed by atoms with Gasteiger partial charge in [0.25, 0.3) is 0 Å². The van der Waals surface area contributed by atoms with Gasteiger partial charge in [0, 0.05) is 11.4 Å². The molecule has 0 spiro atoms. The van der Waals surface area contributed by atoms with Gasteiger partial charge < -0.3 is 10.5 Å². The third kappa shape index (κ3) is 5.64. The molecule has 0 heterocycles. The summed E-state index contributed by atoms with van der Waals surface area (Å²) >= 11 is 0. The Morgan fingerprint density at radius 2 is 1.67 bits per heavy atom. The lowest BCUT2D eigenvalue weighted by molar-refractivity contribution is -0.137. The van der Waals surface area contributed by atoms with Crippen molar-refractivity contribution in [1.82, 2.24) is 0 Å². The van der Waals surface area contributed by atoms with Gasteiger partial charge in [0.15, 0.2) is 0 Å². The van der Waals surface area contributed by atoms with Gasteiger partial charge in [0.1, 0.15) is 5.60 Å².